The molecule has 0 bridgehead atoms. The smallest absolute Gasteiger partial charge is 0.309 e. The summed E-state index contributed by atoms with van der Waals surface area (Å²) in [5, 5.41) is 31.8. The van der Waals surface area contributed by atoms with Crippen molar-refractivity contribution in [1.82, 2.24) is 0 Å². The molecule has 4 heteroatoms. The second-order valence-electron chi connectivity index (χ2n) is 14.4. The normalized spacial score (nSPS) is 56.6. The van der Waals surface area contributed by atoms with Crippen LogP contribution in [0.5, 0.6) is 0 Å². The van der Waals surface area contributed by atoms with Gasteiger partial charge in [0.2, 0.25) is 0 Å². The van der Waals surface area contributed by atoms with E-state index in [1.807, 2.05) is 0 Å². The Labute approximate surface area is 206 Å². The highest BCUT2D eigenvalue weighted by molar-refractivity contribution is 5.76. The monoisotopic (exact) mass is 472 g/mol. The van der Waals surface area contributed by atoms with Crippen molar-refractivity contribution < 1.29 is 20.1 Å². The zero-order valence-electron chi connectivity index (χ0n) is 22.2. The Kier molecular flexibility index (Phi) is 5.52. The predicted molar refractivity (Wildman–Crippen MR) is 134 cm³/mol. The summed E-state index contributed by atoms with van der Waals surface area (Å²) in [6, 6.07) is 0. The SMILES string of the molecule is C=C(C)[C@@H]1CC[C@]2(C(=O)O)CC[C@]3(C)[C@@H](CC[C@@H]4[C@@]5(C)CC[C@H](O)[C@](C)(CO)[C@@H]5CC[C@]43C)[C@@H]12. The Morgan fingerprint density at radius 1 is 0.882 bits per heavy atom. The minimum absolute atomic E-state index is 0.0568. The largest absolute Gasteiger partial charge is 0.481 e. The van der Waals surface area contributed by atoms with Gasteiger partial charge in [-0.2, -0.15) is 0 Å². The van der Waals surface area contributed by atoms with Gasteiger partial charge in [0.25, 0.3) is 0 Å². The third kappa shape index (κ3) is 2.76. The highest BCUT2D eigenvalue weighted by atomic mass is 16.4. The van der Waals surface area contributed by atoms with Gasteiger partial charge in [-0.05, 0) is 117 Å². The van der Waals surface area contributed by atoms with Crippen molar-refractivity contribution >= 4 is 5.97 Å². The van der Waals surface area contributed by atoms with E-state index in [0.717, 1.165) is 64.2 Å². The Morgan fingerprint density at radius 3 is 2.21 bits per heavy atom. The summed E-state index contributed by atoms with van der Waals surface area (Å²) in [4.78, 5) is 12.8. The second kappa shape index (κ2) is 7.57. The number of carbonyl (C=O) groups is 1. The van der Waals surface area contributed by atoms with E-state index in [9.17, 15) is 20.1 Å². The fourth-order valence-electron chi connectivity index (χ4n) is 11.5. The Balaban J connectivity index is 1.56. The fraction of sp³-hybridized carbons (Fsp3) is 0.900. The van der Waals surface area contributed by atoms with Gasteiger partial charge in [0.05, 0.1) is 18.1 Å². The first kappa shape index (κ1) is 24.8. The lowest BCUT2D eigenvalue weighted by Crippen LogP contribution is -2.67. The van der Waals surface area contributed by atoms with Crippen molar-refractivity contribution in [2.75, 3.05) is 6.61 Å². The van der Waals surface area contributed by atoms with Crippen LogP contribution in [0.25, 0.3) is 0 Å². The van der Waals surface area contributed by atoms with Crippen molar-refractivity contribution in [3.05, 3.63) is 12.2 Å². The number of allylic oxidation sites excluding steroid dienone is 1. The molecule has 0 amide bonds. The molecule has 0 saturated heterocycles. The molecular weight excluding hydrogens is 424 g/mol. The number of hydrogen-bond acceptors (Lipinski definition) is 3. The maximum absolute atomic E-state index is 12.8. The summed E-state index contributed by atoms with van der Waals surface area (Å²) in [5.41, 5.74) is 0.586. The zero-order valence-corrected chi connectivity index (χ0v) is 22.2. The average molecular weight is 473 g/mol. The highest BCUT2D eigenvalue weighted by Gasteiger charge is 2.72. The predicted octanol–water partition coefficient (Wildman–Crippen LogP) is 6.06. The standard InChI is InChI=1S/C30H48O4/c1-18(2)19-9-14-30(25(33)34)16-15-28(5)20(24(19)30)7-8-22-26(3)12-11-23(32)27(4,17-31)21(26)10-13-29(22,28)6/h19-24,31-32H,1,7-17H2,2-6H3,(H,33,34)/t19-,20-,21+,22+,23-,24+,26-,27+,28+,29+,30-/m0/s1. The van der Waals surface area contributed by atoms with Gasteiger partial charge in [0.1, 0.15) is 0 Å². The molecule has 4 nitrogen and oxygen atoms in total. The third-order valence-corrected chi connectivity index (χ3v) is 13.6. The first-order valence-electron chi connectivity index (χ1n) is 14.0. The third-order valence-electron chi connectivity index (χ3n) is 13.6. The number of carboxylic acids is 1. The summed E-state index contributed by atoms with van der Waals surface area (Å²) >= 11 is 0. The van der Waals surface area contributed by atoms with Crippen LogP contribution >= 0.6 is 0 Å². The molecule has 5 rings (SSSR count). The van der Waals surface area contributed by atoms with E-state index in [2.05, 4.69) is 41.2 Å². The van der Waals surface area contributed by atoms with E-state index in [1.165, 1.54) is 5.57 Å². The Morgan fingerprint density at radius 2 is 1.59 bits per heavy atom. The summed E-state index contributed by atoms with van der Waals surface area (Å²) in [5.74, 6) is 1.30. The van der Waals surface area contributed by atoms with Crippen LogP contribution in [-0.2, 0) is 4.79 Å². The minimum atomic E-state index is -0.567. The van der Waals surface area contributed by atoms with Crippen LogP contribution in [-0.4, -0.2) is 34.0 Å². The molecule has 0 heterocycles. The van der Waals surface area contributed by atoms with Gasteiger partial charge in [0.15, 0.2) is 0 Å². The number of aliphatic carboxylic acids is 1. The first-order chi connectivity index (χ1) is 15.8. The van der Waals surface area contributed by atoms with E-state index in [-0.39, 0.29) is 28.8 Å². The van der Waals surface area contributed by atoms with Crippen LogP contribution in [0, 0.1) is 56.7 Å². The topological polar surface area (TPSA) is 77.8 Å². The van der Waals surface area contributed by atoms with Crippen molar-refractivity contribution in [2.45, 2.75) is 105 Å². The van der Waals surface area contributed by atoms with Crippen LogP contribution in [0.15, 0.2) is 12.2 Å². The van der Waals surface area contributed by atoms with Gasteiger partial charge in [0, 0.05) is 5.41 Å². The molecule has 0 spiro atoms. The molecule has 0 aromatic heterocycles. The van der Waals surface area contributed by atoms with Crippen molar-refractivity contribution in [2.24, 2.45) is 56.7 Å². The first-order valence-corrected chi connectivity index (χ1v) is 14.0. The van der Waals surface area contributed by atoms with Gasteiger partial charge < -0.3 is 15.3 Å². The zero-order chi connectivity index (χ0) is 24.9. The van der Waals surface area contributed by atoms with Gasteiger partial charge in [-0.1, -0.05) is 39.8 Å². The lowest BCUT2D eigenvalue weighted by Gasteiger charge is -2.72. The van der Waals surface area contributed by atoms with Gasteiger partial charge in [-0.15, -0.1) is 0 Å². The second-order valence-corrected chi connectivity index (χ2v) is 14.4. The molecule has 192 valence electrons. The molecule has 34 heavy (non-hydrogen) atoms. The number of carboxylic acid groups (broad SMARTS) is 1. The van der Waals surface area contributed by atoms with E-state index >= 15 is 0 Å². The van der Waals surface area contributed by atoms with Gasteiger partial charge in [-0.25, -0.2) is 0 Å². The number of rotatable bonds is 3. The van der Waals surface area contributed by atoms with E-state index in [1.54, 1.807) is 0 Å². The number of fused-ring (bicyclic) bond motifs is 7. The Bertz CT molecular complexity index is 883. The summed E-state index contributed by atoms with van der Waals surface area (Å²) < 4.78 is 0. The lowest BCUT2D eigenvalue weighted by atomic mass is 9.32. The molecule has 5 aliphatic carbocycles. The molecule has 11 atom stereocenters. The highest BCUT2D eigenvalue weighted by Crippen LogP contribution is 2.77. The van der Waals surface area contributed by atoms with Crippen LogP contribution in [0.4, 0.5) is 0 Å². The minimum Gasteiger partial charge on any atom is -0.481 e. The molecule has 5 fully saturated rings. The molecule has 0 aromatic rings. The molecule has 5 aliphatic rings. The van der Waals surface area contributed by atoms with Gasteiger partial charge >= 0.3 is 5.97 Å². The summed E-state index contributed by atoms with van der Waals surface area (Å²) in [6.45, 7) is 16.2. The number of aliphatic hydroxyl groups excluding tert-OH is 2. The van der Waals surface area contributed by atoms with E-state index < -0.39 is 22.9 Å². The number of aliphatic hydroxyl groups is 2. The molecular formula is C30H48O4. The van der Waals surface area contributed by atoms with Gasteiger partial charge in [-0.3, -0.25) is 4.79 Å². The van der Waals surface area contributed by atoms with Crippen LogP contribution < -0.4 is 0 Å². The molecule has 3 N–H and O–H groups in total. The average Bonchev–Trinajstić information content (AvgIpc) is 3.18. The fourth-order valence-corrected chi connectivity index (χ4v) is 11.5. The van der Waals surface area contributed by atoms with Crippen molar-refractivity contribution in [1.29, 1.82) is 0 Å². The molecule has 0 aliphatic heterocycles. The van der Waals surface area contributed by atoms with Crippen LogP contribution in [0.2, 0.25) is 0 Å². The summed E-state index contributed by atoms with van der Waals surface area (Å²) in [6.07, 6.45) is 9.43. The molecule has 0 aromatic carbocycles. The van der Waals surface area contributed by atoms with Crippen LogP contribution in [0.1, 0.15) is 98.8 Å². The van der Waals surface area contributed by atoms with E-state index in [0.29, 0.717) is 23.7 Å². The maximum atomic E-state index is 12.8. The van der Waals surface area contributed by atoms with Crippen LogP contribution in [0.3, 0.4) is 0 Å². The Hall–Kier alpha value is -0.870. The maximum Gasteiger partial charge on any atom is 0.309 e. The van der Waals surface area contributed by atoms with Crippen molar-refractivity contribution in [3.63, 3.8) is 0 Å². The molecule has 0 radical (unpaired) electrons. The lowest BCUT2D eigenvalue weighted by molar-refractivity contribution is -0.254. The quantitative estimate of drug-likeness (QED) is 0.436. The van der Waals surface area contributed by atoms with E-state index in [4.69, 9.17) is 0 Å². The molecule has 5 saturated carbocycles. The summed E-state index contributed by atoms with van der Waals surface area (Å²) in [7, 11) is 0. The van der Waals surface area contributed by atoms with Crippen molar-refractivity contribution in [3.8, 4) is 0 Å². The number of hydrogen-bond donors (Lipinski definition) is 3. The molecule has 0 unspecified atom stereocenters.